The highest BCUT2D eigenvalue weighted by Crippen LogP contribution is 2.39. The molecule has 2 aliphatic rings. The molecule has 1 aliphatic heterocycles. The van der Waals surface area contributed by atoms with Gasteiger partial charge in [0.25, 0.3) is 0 Å². The van der Waals surface area contributed by atoms with Crippen molar-refractivity contribution in [2.75, 3.05) is 13.6 Å². The summed E-state index contributed by atoms with van der Waals surface area (Å²) in [5.41, 5.74) is 8.32. The lowest BCUT2D eigenvalue weighted by Gasteiger charge is -2.35. The minimum absolute atomic E-state index is 0.0986. The molecule has 8 nitrogen and oxygen atoms in total. The molecule has 1 aliphatic carbocycles. The van der Waals surface area contributed by atoms with Crippen molar-refractivity contribution < 1.29 is 14.0 Å². The molecule has 3 aromatic rings. The second kappa shape index (κ2) is 11.4. The number of benzene rings is 1. The number of halogens is 1. The molecule has 0 bridgehead atoms. The van der Waals surface area contributed by atoms with Crippen LogP contribution in [0.4, 0.5) is 4.39 Å². The number of likely N-dealkylation sites (N-methyl/N-ethyl adjacent to an activating group) is 1. The van der Waals surface area contributed by atoms with Gasteiger partial charge >= 0.3 is 0 Å². The molecule has 9 heteroatoms. The Labute approximate surface area is 229 Å². The smallest absolute Gasteiger partial charge is 0.234 e. The van der Waals surface area contributed by atoms with E-state index in [-0.39, 0.29) is 29.6 Å². The number of aromatic nitrogens is 3. The van der Waals surface area contributed by atoms with E-state index < -0.39 is 11.9 Å². The van der Waals surface area contributed by atoms with E-state index in [0.29, 0.717) is 24.6 Å². The number of nitrogens with zero attached hydrogens (tertiary/aromatic N) is 4. The average Bonchev–Trinajstić information content (AvgIpc) is 3.54. The zero-order valence-electron chi connectivity index (χ0n) is 23.1. The number of primary amides is 1. The molecule has 1 saturated heterocycles. The van der Waals surface area contributed by atoms with E-state index in [4.69, 9.17) is 15.7 Å². The summed E-state index contributed by atoms with van der Waals surface area (Å²) in [6, 6.07) is 6.03. The maximum Gasteiger partial charge on any atom is 0.234 e. The van der Waals surface area contributed by atoms with Gasteiger partial charge in [0, 0.05) is 30.1 Å². The molecular weight excluding hydrogens is 495 g/mol. The van der Waals surface area contributed by atoms with Crippen LogP contribution in [0.2, 0.25) is 0 Å². The second-order valence-electron chi connectivity index (χ2n) is 11.2. The highest BCUT2D eigenvalue weighted by atomic mass is 19.1. The summed E-state index contributed by atoms with van der Waals surface area (Å²) >= 11 is 0. The predicted octanol–water partition coefficient (Wildman–Crippen LogP) is 4.50. The Hall–Kier alpha value is -3.33. The summed E-state index contributed by atoms with van der Waals surface area (Å²) in [5.74, 6) is 0.720. The van der Waals surface area contributed by atoms with Gasteiger partial charge in [0.1, 0.15) is 17.5 Å². The number of nitrogens with one attached hydrogen (secondary N) is 1. The van der Waals surface area contributed by atoms with Crippen molar-refractivity contribution in [2.24, 2.45) is 17.6 Å². The number of aryl methyl sites for hydroxylation is 2. The molecule has 0 spiro atoms. The van der Waals surface area contributed by atoms with Crippen molar-refractivity contribution in [3.63, 3.8) is 0 Å². The van der Waals surface area contributed by atoms with Gasteiger partial charge in [0.05, 0.1) is 23.3 Å². The van der Waals surface area contributed by atoms with Gasteiger partial charge in [0.15, 0.2) is 0 Å². The van der Waals surface area contributed by atoms with Gasteiger partial charge in [0.2, 0.25) is 11.8 Å². The molecule has 2 aromatic heterocycles. The average molecular weight is 535 g/mol. The molecule has 1 saturated carbocycles. The standard InChI is InChI=1S/C30H39FN6O2/c1-18-17-37(26-12-11-21(31)14-22(18)26)28-16-24(34-19(2)35-28)27-10-7-13-36(27)30(39)23(15-25(33-3)29(32)38)20-8-5-4-6-9-20/h11-12,14,16-17,20,23,25,27,33H,4-10,13,15H2,1-3H3,(H2,32,38). The van der Waals surface area contributed by atoms with E-state index in [0.717, 1.165) is 60.7 Å². The lowest BCUT2D eigenvalue weighted by Crippen LogP contribution is -2.46. The largest absolute Gasteiger partial charge is 0.368 e. The fourth-order valence-electron chi connectivity index (χ4n) is 6.64. The second-order valence-corrected chi connectivity index (χ2v) is 11.2. The van der Waals surface area contributed by atoms with E-state index in [1.54, 1.807) is 19.2 Å². The quantitative estimate of drug-likeness (QED) is 0.443. The first-order chi connectivity index (χ1) is 18.8. The fourth-order valence-corrected chi connectivity index (χ4v) is 6.64. The van der Waals surface area contributed by atoms with Crippen LogP contribution in [-0.2, 0) is 9.59 Å². The first-order valence-electron chi connectivity index (χ1n) is 14.2. The van der Waals surface area contributed by atoms with Crippen LogP contribution in [0.3, 0.4) is 0 Å². The topological polar surface area (TPSA) is 106 Å². The molecule has 2 fully saturated rings. The third kappa shape index (κ3) is 5.55. The fraction of sp³-hybridized carbons (Fsp3) is 0.533. The van der Waals surface area contributed by atoms with Gasteiger partial charge in [-0.1, -0.05) is 19.3 Å². The first kappa shape index (κ1) is 27.2. The Kier molecular flexibility index (Phi) is 7.98. The third-order valence-electron chi connectivity index (χ3n) is 8.65. The Morgan fingerprint density at radius 2 is 1.87 bits per heavy atom. The molecule has 208 valence electrons. The van der Waals surface area contributed by atoms with E-state index in [1.165, 1.54) is 12.5 Å². The van der Waals surface area contributed by atoms with Crippen molar-refractivity contribution in [3.8, 4) is 5.82 Å². The molecule has 1 aromatic carbocycles. The van der Waals surface area contributed by atoms with Gasteiger partial charge in [-0.05, 0) is 82.7 Å². The van der Waals surface area contributed by atoms with Crippen LogP contribution >= 0.6 is 0 Å². The Morgan fingerprint density at radius 3 is 2.59 bits per heavy atom. The van der Waals surface area contributed by atoms with Gasteiger partial charge < -0.3 is 20.5 Å². The zero-order chi connectivity index (χ0) is 27.7. The Balaban J connectivity index is 1.47. The van der Waals surface area contributed by atoms with Gasteiger partial charge in [-0.25, -0.2) is 14.4 Å². The summed E-state index contributed by atoms with van der Waals surface area (Å²) in [7, 11) is 1.72. The molecule has 5 rings (SSSR count). The Morgan fingerprint density at radius 1 is 1.10 bits per heavy atom. The zero-order valence-corrected chi connectivity index (χ0v) is 23.1. The highest BCUT2D eigenvalue weighted by molar-refractivity contribution is 5.85. The summed E-state index contributed by atoms with van der Waals surface area (Å²) in [6.07, 6.45) is 9.51. The van der Waals surface area contributed by atoms with E-state index >= 15 is 0 Å². The minimum Gasteiger partial charge on any atom is -0.368 e. The van der Waals surface area contributed by atoms with Crippen LogP contribution < -0.4 is 11.1 Å². The molecule has 3 N–H and O–H groups in total. The number of carbonyl (C=O) groups excluding carboxylic acids is 2. The van der Waals surface area contributed by atoms with Crippen LogP contribution in [0.1, 0.15) is 74.5 Å². The number of hydrogen-bond acceptors (Lipinski definition) is 5. The van der Waals surface area contributed by atoms with Gasteiger partial charge in [-0.2, -0.15) is 0 Å². The molecule has 2 amide bonds. The number of nitrogens with two attached hydrogens (primary N) is 1. The molecule has 3 unspecified atom stereocenters. The van der Waals surface area contributed by atoms with Crippen LogP contribution in [0.5, 0.6) is 0 Å². The summed E-state index contributed by atoms with van der Waals surface area (Å²) in [4.78, 5) is 37.8. The molecular formula is C30H39FN6O2. The van der Waals surface area contributed by atoms with Crippen molar-refractivity contribution in [1.29, 1.82) is 0 Å². The lowest BCUT2D eigenvalue weighted by molar-refractivity contribution is -0.139. The van der Waals surface area contributed by atoms with E-state index in [2.05, 4.69) is 5.32 Å². The maximum atomic E-state index is 14.2. The predicted molar refractivity (Wildman–Crippen MR) is 149 cm³/mol. The van der Waals surface area contributed by atoms with Crippen LogP contribution in [0, 0.1) is 31.5 Å². The molecule has 3 atom stereocenters. The number of rotatable bonds is 8. The minimum atomic E-state index is -0.537. The number of likely N-dealkylation sites (tertiary alicyclic amines) is 1. The number of amides is 2. The maximum absolute atomic E-state index is 14.2. The van der Waals surface area contributed by atoms with Gasteiger partial charge in [-0.15, -0.1) is 0 Å². The van der Waals surface area contributed by atoms with E-state index in [1.807, 2.05) is 35.6 Å². The van der Waals surface area contributed by atoms with Crippen molar-refractivity contribution >= 4 is 22.7 Å². The highest BCUT2D eigenvalue weighted by Gasteiger charge is 2.40. The van der Waals surface area contributed by atoms with E-state index in [9.17, 15) is 14.0 Å². The molecule has 3 heterocycles. The Bertz CT molecular complexity index is 1360. The van der Waals surface area contributed by atoms with Crippen LogP contribution in [0.15, 0.2) is 30.5 Å². The van der Waals surface area contributed by atoms with Gasteiger partial charge in [-0.3, -0.25) is 9.59 Å². The van der Waals surface area contributed by atoms with Crippen LogP contribution in [-0.4, -0.2) is 50.9 Å². The normalized spacial score (nSPS) is 19.9. The monoisotopic (exact) mass is 534 g/mol. The first-order valence-corrected chi connectivity index (χ1v) is 14.2. The summed E-state index contributed by atoms with van der Waals surface area (Å²) in [6.45, 7) is 4.48. The SMILES string of the molecule is CNC(CC(C(=O)N1CCCC1c1cc(-n2cc(C)c3cc(F)ccc32)nc(C)n1)C1CCCCC1)C(N)=O. The number of hydrogen-bond donors (Lipinski definition) is 2. The molecule has 0 radical (unpaired) electrons. The van der Waals surface area contributed by atoms with Crippen molar-refractivity contribution in [2.45, 2.75) is 77.3 Å². The molecule has 39 heavy (non-hydrogen) atoms. The lowest BCUT2D eigenvalue weighted by atomic mass is 9.76. The van der Waals surface area contributed by atoms with Crippen molar-refractivity contribution in [1.82, 2.24) is 24.8 Å². The summed E-state index contributed by atoms with van der Waals surface area (Å²) in [5, 5.41) is 3.86. The third-order valence-corrected chi connectivity index (χ3v) is 8.65. The summed E-state index contributed by atoms with van der Waals surface area (Å²) < 4.78 is 15.9. The number of fused-ring (bicyclic) bond motifs is 1. The number of carbonyl (C=O) groups is 2. The van der Waals surface area contributed by atoms with Crippen molar-refractivity contribution in [3.05, 3.63) is 53.4 Å². The van der Waals surface area contributed by atoms with Crippen LogP contribution in [0.25, 0.3) is 16.7 Å².